The van der Waals surface area contributed by atoms with Gasteiger partial charge in [-0.25, -0.2) is 8.42 Å². The Balaban J connectivity index is 2.21. The van der Waals surface area contributed by atoms with Gasteiger partial charge in [0, 0.05) is 32.9 Å². The van der Waals surface area contributed by atoms with E-state index in [0.29, 0.717) is 22.8 Å². The van der Waals surface area contributed by atoms with Gasteiger partial charge in [-0.1, -0.05) is 35.9 Å². The van der Waals surface area contributed by atoms with E-state index in [-0.39, 0.29) is 0 Å². The summed E-state index contributed by atoms with van der Waals surface area (Å²) in [7, 11) is 0.220. The number of benzene rings is 3. The van der Waals surface area contributed by atoms with E-state index in [0.717, 1.165) is 35.6 Å². The summed E-state index contributed by atoms with van der Waals surface area (Å²) >= 11 is 0. The Morgan fingerprint density at radius 3 is 1.94 bits per heavy atom. The molecule has 0 saturated carbocycles. The highest BCUT2D eigenvalue weighted by Gasteiger charge is 2.32. The molecule has 0 aliphatic heterocycles. The summed E-state index contributed by atoms with van der Waals surface area (Å²) in [4.78, 5) is 4.52. The predicted octanol–water partition coefficient (Wildman–Crippen LogP) is 5.87. The number of hydrogen-bond donors (Lipinski definition) is 0. The van der Waals surface area contributed by atoms with E-state index in [1.165, 1.54) is 0 Å². The molecule has 182 valence electrons. The van der Waals surface area contributed by atoms with E-state index in [1.54, 1.807) is 12.1 Å². The van der Waals surface area contributed by atoms with Crippen LogP contribution in [0.25, 0.3) is 0 Å². The summed E-state index contributed by atoms with van der Waals surface area (Å²) in [5, 5.41) is -0.851. The van der Waals surface area contributed by atoms with Gasteiger partial charge in [0.1, 0.15) is 11.0 Å². The molecule has 0 aliphatic carbocycles. The number of hydrogen-bond acceptors (Lipinski definition) is 5. The van der Waals surface area contributed by atoms with Gasteiger partial charge in [-0.2, -0.15) is 0 Å². The van der Waals surface area contributed by atoms with Gasteiger partial charge in [-0.3, -0.25) is 0 Å². The molecular weight excluding hydrogens is 444 g/mol. The van der Waals surface area contributed by atoms with Crippen LogP contribution in [0.1, 0.15) is 42.7 Å². The number of sulfone groups is 1. The maximum Gasteiger partial charge on any atom is 0.189 e. The number of rotatable bonds is 10. The quantitative estimate of drug-likeness (QED) is 0.363. The normalized spacial score (nSPS) is 12.3. The fraction of sp³-hybridized carbons (Fsp3) is 0.357. The third-order valence-electron chi connectivity index (χ3n) is 6.06. The van der Waals surface area contributed by atoms with Gasteiger partial charge in [0.25, 0.3) is 0 Å². The molecule has 0 bridgehead atoms. The summed E-state index contributed by atoms with van der Waals surface area (Å²) < 4.78 is 34.0. The van der Waals surface area contributed by atoms with Crippen LogP contribution in [0.2, 0.25) is 0 Å². The van der Waals surface area contributed by atoms with Gasteiger partial charge >= 0.3 is 0 Å². The second-order valence-electron chi connectivity index (χ2n) is 8.56. The predicted molar refractivity (Wildman–Crippen MR) is 142 cm³/mol. The first kappa shape index (κ1) is 25.6. The fourth-order valence-electron chi connectivity index (χ4n) is 4.15. The first-order chi connectivity index (χ1) is 16.2. The highest BCUT2D eigenvalue weighted by molar-refractivity contribution is 7.91. The standard InChI is InChI=1S/C28H36N2O3S/c1-7-30(8-2)26-19-14-23(20-27(26)33-9-3)28(22-12-15-24(16-13-22)29(5)6)34(31,32)25-17-10-21(4)11-18-25/h10-20,28H,7-9H2,1-6H3. The Labute approximate surface area is 204 Å². The van der Waals surface area contributed by atoms with E-state index >= 15 is 0 Å². The summed E-state index contributed by atoms with van der Waals surface area (Å²) in [6.07, 6.45) is 0. The number of aryl methyl sites for hydroxylation is 1. The Morgan fingerprint density at radius 1 is 0.824 bits per heavy atom. The number of anilines is 2. The molecule has 6 heteroatoms. The molecule has 5 nitrogen and oxygen atoms in total. The molecule has 0 radical (unpaired) electrons. The van der Waals surface area contributed by atoms with Crippen molar-refractivity contribution < 1.29 is 13.2 Å². The molecule has 3 rings (SSSR count). The SMILES string of the molecule is CCOc1cc(C(c2ccc(N(C)C)cc2)S(=O)(=O)c2ccc(C)cc2)ccc1N(CC)CC. The van der Waals surface area contributed by atoms with E-state index in [9.17, 15) is 8.42 Å². The van der Waals surface area contributed by atoms with Crippen molar-refractivity contribution in [3.05, 3.63) is 83.4 Å². The van der Waals surface area contributed by atoms with Crippen molar-refractivity contribution in [2.45, 2.75) is 37.8 Å². The van der Waals surface area contributed by atoms with Crippen LogP contribution in [0.5, 0.6) is 5.75 Å². The minimum atomic E-state index is -3.72. The van der Waals surface area contributed by atoms with E-state index in [4.69, 9.17) is 4.74 Å². The van der Waals surface area contributed by atoms with Crippen molar-refractivity contribution in [3.8, 4) is 5.75 Å². The zero-order valence-corrected chi connectivity index (χ0v) is 21.9. The fourth-order valence-corrected chi connectivity index (χ4v) is 5.96. The van der Waals surface area contributed by atoms with Crippen molar-refractivity contribution in [2.75, 3.05) is 43.6 Å². The van der Waals surface area contributed by atoms with Crippen LogP contribution in [0.15, 0.2) is 71.6 Å². The van der Waals surface area contributed by atoms with Crippen molar-refractivity contribution in [1.82, 2.24) is 0 Å². The average Bonchev–Trinajstić information content (AvgIpc) is 2.82. The van der Waals surface area contributed by atoms with Crippen molar-refractivity contribution in [1.29, 1.82) is 0 Å². The van der Waals surface area contributed by atoms with Gasteiger partial charge in [0.15, 0.2) is 9.84 Å². The molecule has 0 heterocycles. The van der Waals surface area contributed by atoms with Crippen LogP contribution < -0.4 is 14.5 Å². The molecule has 0 N–H and O–H groups in total. The van der Waals surface area contributed by atoms with Crippen molar-refractivity contribution >= 4 is 21.2 Å². The first-order valence-corrected chi connectivity index (χ1v) is 13.4. The third kappa shape index (κ3) is 5.39. The van der Waals surface area contributed by atoms with Crippen LogP contribution in [-0.4, -0.2) is 42.2 Å². The summed E-state index contributed by atoms with van der Waals surface area (Å²) in [5.74, 6) is 0.706. The van der Waals surface area contributed by atoms with Crippen molar-refractivity contribution in [2.24, 2.45) is 0 Å². The zero-order chi connectivity index (χ0) is 24.9. The Bertz CT molecular complexity index is 1180. The highest BCUT2D eigenvalue weighted by Crippen LogP contribution is 2.40. The van der Waals surface area contributed by atoms with Gasteiger partial charge in [0.2, 0.25) is 0 Å². The third-order valence-corrected chi connectivity index (χ3v) is 8.16. The van der Waals surface area contributed by atoms with Crippen LogP contribution >= 0.6 is 0 Å². The molecule has 1 unspecified atom stereocenters. The van der Waals surface area contributed by atoms with Gasteiger partial charge in [-0.15, -0.1) is 0 Å². The Hall–Kier alpha value is -2.99. The first-order valence-electron chi connectivity index (χ1n) is 11.8. The lowest BCUT2D eigenvalue weighted by Gasteiger charge is -2.26. The molecule has 0 aromatic heterocycles. The number of nitrogens with zero attached hydrogens (tertiary/aromatic N) is 2. The van der Waals surface area contributed by atoms with Crippen molar-refractivity contribution in [3.63, 3.8) is 0 Å². The maximum absolute atomic E-state index is 14.0. The van der Waals surface area contributed by atoms with Crippen LogP contribution in [-0.2, 0) is 9.84 Å². The number of ether oxygens (including phenoxy) is 1. The van der Waals surface area contributed by atoms with Gasteiger partial charge in [0.05, 0.1) is 17.2 Å². The molecule has 0 aliphatic rings. The molecule has 0 amide bonds. The smallest absolute Gasteiger partial charge is 0.189 e. The van der Waals surface area contributed by atoms with E-state index in [2.05, 4.69) is 18.7 Å². The molecular formula is C28H36N2O3S. The Morgan fingerprint density at radius 2 is 1.41 bits per heavy atom. The highest BCUT2D eigenvalue weighted by atomic mass is 32.2. The van der Waals surface area contributed by atoms with E-state index < -0.39 is 15.1 Å². The Kier molecular flexibility index (Phi) is 8.26. The lowest BCUT2D eigenvalue weighted by Crippen LogP contribution is -2.23. The van der Waals surface area contributed by atoms with Crippen LogP contribution in [0.4, 0.5) is 11.4 Å². The zero-order valence-electron chi connectivity index (χ0n) is 21.1. The molecule has 0 saturated heterocycles. The molecule has 1 atom stereocenters. The lowest BCUT2D eigenvalue weighted by molar-refractivity contribution is 0.340. The molecule has 3 aromatic carbocycles. The van der Waals surface area contributed by atoms with E-state index in [1.807, 2.05) is 87.4 Å². The second-order valence-corrected chi connectivity index (χ2v) is 10.6. The summed E-state index contributed by atoms with van der Waals surface area (Å²) in [6, 6.07) is 20.6. The van der Waals surface area contributed by atoms with Gasteiger partial charge in [-0.05, 0) is 75.2 Å². The molecule has 34 heavy (non-hydrogen) atoms. The largest absolute Gasteiger partial charge is 0.492 e. The molecule has 0 fully saturated rings. The summed E-state index contributed by atoms with van der Waals surface area (Å²) in [6.45, 7) is 10.3. The topological polar surface area (TPSA) is 49.9 Å². The minimum absolute atomic E-state index is 0.311. The second kappa shape index (κ2) is 11.0. The average molecular weight is 481 g/mol. The maximum atomic E-state index is 14.0. The molecule has 0 spiro atoms. The summed E-state index contributed by atoms with van der Waals surface area (Å²) in [5.41, 5.74) is 4.43. The lowest BCUT2D eigenvalue weighted by atomic mass is 10.0. The monoisotopic (exact) mass is 480 g/mol. The van der Waals surface area contributed by atoms with Crippen LogP contribution in [0.3, 0.4) is 0 Å². The minimum Gasteiger partial charge on any atom is -0.492 e. The van der Waals surface area contributed by atoms with Gasteiger partial charge < -0.3 is 14.5 Å². The molecule has 3 aromatic rings. The van der Waals surface area contributed by atoms with Crippen LogP contribution in [0, 0.1) is 6.92 Å².